The SMILES string of the molecule is CCCN(CC(=O)OCC)CC(=O)N(C)C1=CCCC1. The summed E-state index contributed by atoms with van der Waals surface area (Å²) in [5, 5.41) is 0. The van der Waals surface area contributed by atoms with Crippen molar-refractivity contribution in [3.05, 3.63) is 11.8 Å². The van der Waals surface area contributed by atoms with Gasteiger partial charge in [-0.25, -0.2) is 0 Å². The fourth-order valence-corrected chi connectivity index (χ4v) is 2.34. The van der Waals surface area contributed by atoms with Gasteiger partial charge >= 0.3 is 5.97 Å². The third-order valence-electron chi connectivity index (χ3n) is 3.38. The molecule has 0 aliphatic heterocycles. The van der Waals surface area contributed by atoms with Crippen LogP contribution in [0.2, 0.25) is 0 Å². The number of amides is 1. The van der Waals surface area contributed by atoms with E-state index < -0.39 is 0 Å². The highest BCUT2D eigenvalue weighted by Gasteiger charge is 2.20. The van der Waals surface area contributed by atoms with Gasteiger partial charge in [0.25, 0.3) is 0 Å². The first-order chi connectivity index (χ1) is 9.58. The van der Waals surface area contributed by atoms with Crippen LogP contribution in [0.3, 0.4) is 0 Å². The van der Waals surface area contributed by atoms with Crippen LogP contribution in [-0.4, -0.2) is 55.0 Å². The van der Waals surface area contributed by atoms with E-state index in [0.717, 1.165) is 37.9 Å². The van der Waals surface area contributed by atoms with Crippen molar-refractivity contribution in [2.24, 2.45) is 0 Å². The summed E-state index contributed by atoms with van der Waals surface area (Å²) in [4.78, 5) is 27.4. The van der Waals surface area contributed by atoms with Gasteiger partial charge in [-0.05, 0) is 39.2 Å². The first kappa shape index (κ1) is 16.7. The van der Waals surface area contributed by atoms with Crippen molar-refractivity contribution in [3.63, 3.8) is 0 Å². The topological polar surface area (TPSA) is 49.9 Å². The molecule has 114 valence electrons. The van der Waals surface area contributed by atoms with E-state index >= 15 is 0 Å². The number of esters is 1. The molecule has 1 aliphatic carbocycles. The molecule has 0 unspecified atom stereocenters. The summed E-state index contributed by atoms with van der Waals surface area (Å²) < 4.78 is 4.94. The van der Waals surface area contributed by atoms with Crippen LogP contribution in [0.1, 0.15) is 39.5 Å². The van der Waals surface area contributed by atoms with Crippen LogP contribution in [0.25, 0.3) is 0 Å². The average Bonchev–Trinajstić information content (AvgIpc) is 2.92. The highest BCUT2D eigenvalue weighted by atomic mass is 16.5. The van der Waals surface area contributed by atoms with E-state index in [0.29, 0.717) is 6.61 Å². The summed E-state index contributed by atoms with van der Waals surface area (Å²) in [6, 6.07) is 0. The fraction of sp³-hybridized carbons (Fsp3) is 0.733. The zero-order valence-electron chi connectivity index (χ0n) is 12.9. The lowest BCUT2D eigenvalue weighted by Crippen LogP contribution is -2.41. The second-order valence-electron chi connectivity index (χ2n) is 5.06. The van der Waals surface area contributed by atoms with E-state index in [4.69, 9.17) is 4.74 Å². The summed E-state index contributed by atoms with van der Waals surface area (Å²) in [6.45, 7) is 5.36. The van der Waals surface area contributed by atoms with Gasteiger partial charge < -0.3 is 9.64 Å². The molecule has 0 saturated carbocycles. The molecule has 0 aromatic carbocycles. The molecular weight excluding hydrogens is 256 g/mol. The maximum absolute atomic E-state index is 12.2. The Hall–Kier alpha value is -1.36. The molecule has 0 spiro atoms. The zero-order chi connectivity index (χ0) is 15.0. The molecular formula is C15H26N2O3. The minimum Gasteiger partial charge on any atom is -0.465 e. The van der Waals surface area contributed by atoms with E-state index in [-0.39, 0.29) is 25.0 Å². The van der Waals surface area contributed by atoms with Crippen LogP contribution in [0.4, 0.5) is 0 Å². The molecule has 0 atom stereocenters. The van der Waals surface area contributed by atoms with Crippen LogP contribution in [0.15, 0.2) is 11.8 Å². The van der Waals surface area contributed by atoms with Gasteiger partial charge in [-0.15, -0.1) is 0 Å². The van der Waals surface area contributed by atoms with Crippen molar-refractivity contribution in [1.29, 1.82) is 0 Å². The molecule has 0 aromatic heterocycles. The Kier molecular flexibility index (Phi) is 7.30. The molecule has 0 radical (unpaired) electrons. The minimum atomic E-state index is -0.267. The van der Waals surface area contributed by atoms with Crippen molar-refractivity contribution in [3.8, 4) is 0 Å². The monoisotopic (exact) mass is 282 g/mol. The van der Waals surface area contributed by atoms with E-state index in [9.17, 15) is 9.59 Å². The molecule has 5 nitrogen and oxygen atoms in total. The molecule has 0 heterocycles. The first-order valence-electron chi connectivity index (χ1n) is 7.42. The maximum Gasteiger partial charge on any atom is 0.320 e. The van der Waals surface area contributed by atoms with E-state index in [1.807, 2.05) is 18.9 Å². The largest absolute Gasteiger partial charge is 0.465 e. The molecule has 20 heavy (non-hydrogen) atoms. The van der Waals surface area contributed by atoms with Gasteiger partial charge in [-0.3, -0.25) is 14.5 Å². The van der Waals surface area contributed by atoms with Crippen LogP contribution in [-0.2, 0) is 14.3 Å². The lowest BCUT2D eigenvalue weighted by molar-refractivity contribution is -0.145. The van der Waals surface area contributed by atoms with Gasteiger partial charge in [0.15, 0.2) is 0 Å². The number of hydrogen-bond acceptors (Lipinski definition) is 4. The van der Waals surface area contributed by atoms with Crippen molar-refractivity contribution >= 4 is 11.9 Å². The van der Waals surface area contributed by atoms with Crippen molar-refractivity contribution in [2.75, 3.05) is 33.3 Å². The number of allylic oxidation sites excluding steroid dienone is 2. The lowest BCUT2D eigenvalue weighted by Gasteiger charge is -2.24. The van der Waals surface area contributed by atoms with Crippen LogP contribution >= 0.6 is 0 Å². The van der Waals surface area contributed by atoms with Gasteiger partial charge in [-0.2, -0.15) is 0 Å². The molecule has 0 fully saturated rings. The summed E-state index contributed by atoms with van der Waals surface area (Å²) >= 11 is 0. The predicted molar refractivity (Wildman–Crippen MR) is 78.1 cm³/mol. The van der Waals surface area contributed by atoms with Crippen LogP contribution in [0, 0.1) is 0 Å². The summed E-state index contributed by atoms with van der Waals surface area (Å²) in [5.41, 5.74) is 1.10. The fourth-order valence-electron chi connectivity index (χ4n) is 2.34. The van der Waals surface area contributed by atoms with Gasteiger partial charge in [0, 0.05) is 12.7 Å². The average molecular weight is 282 g/mol. The Bertz CT molecular complexity index is 366. The van der Waals surface area contributed by atoms with Gasteiger partial charge in [0.2, 0.25) is 5.91 Å². The molecule has 0 bridgehead atoms. The van der Waals surface area contributed by atoms with Gasteiger partial charge in [0.1, 0.15) is 0 Å². The van der Waals surface area contributed by atoms with Crippen LogP contribution < -0.4 is 0 Å². The number of carbonyl (C=O) groups excluding carboxylic acids is 2. The maximum atomic E-state index is 12.2. The Morgan fingerprint density at radius 3 is 2.60 bits per heavy atom. The lowest BCUT2D eigenvalue weighted by atomic mass is 10.3. The highest BCUT2D eigenvalue weighted by Crippen LogP contribution is 2.20. The number of rotatable bonds is 8. The summed E-state index contributed by atoms with van der Waals surface area (Å²) in [6.07, 6.45) is 6.16. The standard InChI is InChI=1S/C15H26N2O3/c1-4-10-17(12-15(19)20-5-2)11-14(18)16(3)13-8-6-7-9-13/h8H,4-7,9-12H2,1-3H3. The van der Waals surface area contributed by atoms with Gasteiger partial charge in [-0.1, -0.05) is 13.0 Å². The third kappa shape index (κ3) is 5.33. The molecule has 1 amide bonds. The van der Waals surface area contributed by atoms with E-state index in [2.05, 4.69) is 6.08 Å². The Labute approximate surface area is 121 Å². The Balaban J connectivity index is 2.51. The molecule has 0 aromatic rings. The number of ether oxygens (including phenoxy) is 1. The van der Waals surface area contributed by atoms with Crippen molar-refractivity contribution in [2.45, 2.75) is 39.5 Å². The Morgan fingerprint density at radius 1 is 1.30 bits per heavy atom. The second-order valence-corrected chi connectivity index (χ2v) is 5.06. The number of carbonyl (C=O) groups is 2. The quantitative estimate of drug-likeness (QED) is 0.637. The van der Waals surface area contributed by atoms with Crippen LogP contribution in [0.5, 0.6) is 0 Å². The second kappa shape index (κ2) is 8.74. The minimum absolute atomic E-state index is 0.0379. The first-order valence-corrected chi connectivity index (χ1v) is 7.42. The molecule has 1 aliphatic rings. The smallest absolute Gasteiger partial charge is 0.320 e. The molecule has 5 heteroatoms. The van der Waals surface area contributed by atoms with Crippen molar-refractivity contribution in [1.82, 2.24) is 9.80 Å². The predicted octanol–water partition coefficient (Wildman–Crippen LogP) is 1.79. The molecule has 0 N–H and O–H groups in total. The normalized spacial score (nSPS) is 14.3. The summed E-state index contributed by atoms with van der Waals surface area (Å²) in [5.74, 6) is -0.229. The zero-order valence-corrected chi connectivity index (χ0v) is 12.9. The van der Waals surface area contributed by atoms with E-state index in [1.54, 1.807) is 11.8 Å². The number of nitrogens with zero attached hydrogens (tertiary/aromatic N) is 2. The highest BCUT2D eigenvalue weighted by molar-refractivity contribution is 5.80. The number of likely N-dealkylation sites (N-methyl/N-ethyl adjacent to an activating group) is 1. The van der Waals surface area contributed by atoms with E-state index in [1.165, 1.54) is 0 Å². The summed E-state index contributed by atoms with van der Waals surface area (Å²) in [7, 11) is 1.81. The third-order valence-corrected chi connectivity index (χ3v) is 3.38. The van der Waals surface area contributed by atoms with Gasteiger partial charge in [0.05, 0.1) is 19.7 Å². The number of hydrogen-bond donors (Lipinski definition) is 0. The molecule has 1 rings (SSSR count). The molecule has 0 saturated heterocycles. The van der Waals surface area contributed by atoms with Crippen molar-refractivity contribution < 1.29 is 14.3 Å². The Morgan fingerprint density at radius 2 is 2.05 bits per heavy atom.